The van der Waals surface area contributed by atoms with Gasteiger partial charge in [0, 0.05) is 30.6 Å². The molecule has 0 unspecified atom stereocenters. The van der Waals surface area contributed by atoms with Gasteiger partial charge in [-0.25, -0.2) is 12.7 Å². The second-order valence-corrected chi connectivity index (χ2v) is 10.7. The first-order chi connectivity index (χ1) is 14.7. The molecule has 0 saturated carbocycles. The minimum absolute atomic E-state index is 0.0927. The maximum absolute atomic E-state index is 13.1. The number of unbranched alkanes of at least 4 members (excludes halogenated alkanes) is 1. The third-order valence-electron chi connectivity index (χ3n) is 5.29. The van der Waals surface area contributed by atoms with E-state index in [9.17, 15) is 18.0 Å². The highest BCUT2D eigenvalue weighted by Gasteiger charge is 2.33. The van der Waals surface area contributed by atoms with Crippen molar-refractivity contribution in [2.45, 2.75) is 46.0 Å². The first-order valence-corrected chi connectivity index (χ1v) is 13.1. The van der Waals surface area contributed by atoms with Gasteiger partial charge < -0.3 is 10.2 Å². The zero-order valence-corrected chi connectivity index (χ0v) is 20.4. The van der Waals surface area contributed by atoms with Gasteiger partial charge in [0.2, 0.25) is 21.8 Å². The van der Waals surface area contributed by atoms with Gasteiger partial charge in [-0.15, -0.1) is 0 Å². The summed E-state index contributed by atoms with van der Waals surface area (Å²) in [5, 5.41) is 3.52. The highest BCUT2D eigenvalue weighted by atomic mass is 35.5. The summed E-state index contributed by atoms with van der Waals surface area (Å²) in [5.41, 5.74) is 0.397. The number of rotatable bonds is 10. The van der Waals surface area contributed by atoms with Crippen LogP contribution in [0.3, 0.4) is 0 Å². The number of hydrogen-bond acceptors (Lipinski definition) is 4. The molecule has 0 bridgehead atoms. The molecule has 1 fully saturated rings. The molecule has 1 N–H and O–H groups in total. The van der Waals surface area contributed by atoms with Gasteiger partial charge in [-0.3, -0.25) is 9.59 Å². The highest BCUT2D eigenvalue weighted by molar-refractivity contribution is 7.89. The summed E-state index contributed by atoms with van der Waals surface area (Å²) in [6.45, 7) is 4.93. The Kier molecular flexibility index (Phi) is 10.1. The number of halogens is 2. The number of nitrogens with one attached hydrogen (secondary N) is 1. The Balaban J connectivity index is 1.96. The summed E-state index contributed by atoms with van der Waals surface area (Å²) in [6, 6.07) is 4.78. The second kappa shape index (κ2) is 12.0. The summed E-state index contributed by atoms with van der Waals surface area (Å²) in [5.74, 6) is -0.604. The Morgan fingerprint density at radius 1 is 1.16 bits per heavy atom. The van der Waals surface area contributed by atoms with Crippen molar-refractivity contribution in [3.8, 4) is 0 Å². The summed E-state index contributed by atoms with van der Waals surface area (Å²) in [4.78, 5) is 27.1. The third-order valence-corrected chi connectivity index (χ3v) is 7.82. The van der Waals surface area contributed by atoms with Crippen LogP contribution in [0.15, 0.2) is 18.2 Å². The monoisotopic (exact) mass is 491 g/mol. The lowest BCUT2D eigenvalue weighted by Crippen LogP contribution is -2.46. The zero-order chi connectivity index (χ0) is 23.0. The Bertz CT molecular complexity index is 871. The van der Waals surface area contributed by atoms with Gasteiger partial charge in [0.1, 0.15) is 0 Å². The van der Waals surface area contributed by atoms with E-state index in [2.05, 4.69) is 5.32 Å². The topological polar surface area (TPSA) is 86.8 Å². The number of piperidine rings is 1. The number of anilines is 1. The van der Waals surface area contributed by atoms with E-state index in [0.29, 0.717) is 61.1 Å². The van der Waals surface area contributed by atoms with Crippen molar-refractivity contribution in [1.29, 1.82) is 0 Å². The van der Waals surface area contributed by atoms with Gasteiger partial charge in [0.05, 0.1) is 23.0 Å². The van der Waals surface area contributed by atoms with Gasteiger partial charge in [-0.05, 0) is 43.9 Å². The number of amides is 2. The minimum Gasteiger partial charge on any atom is -0.333 e. The number of hydrogen-bond donors (Lipinski definition) is 1. The standard InChI is InChI=1S/C21H31Cl2N3O4S/c1-3-5-13-31(29,30)26-11-8-16(9-12-26)21(28)25(10-4-2)15-20(27)24-19-14-17(22)6-7-18(19)23/h6-7,14,16H,3-5,8-13,15H2,1-2H3,(H,24,27). The van der Waals surface area contributed by atoms with E-state index in [-0.39, 0.29) is 30.0 Å². The Morgan fingerprint density at radius 2 is 1.84 bits per heavy atom. The second-order valence-electron chi connectivity index (χ2n) is 7.78. The number of sulfonamides is 1. The average Bonchev–Trinajstić information content (AvgIpc) is 2.74. The molecular formula is C21H31Cl2N3O4S. The smallest absolute Gasteiger partial charge is 0.244 e. The van der Waals surface area contributed by atoms with Crippen LogP contribution in [0.4, 0.5) is 5.69 Å². The van der Waals surface area contributed by atoms with Crippen LogP contribution in [-0.2, 0) is 19.6 Å². The predicted molar refractivity (Wildman–Crippen MR) is 125 cm³/mol. The maximum atomic E-state index is 13.1. The van der Waals surface area contributed by atoms with Gasteiger partial charge >= 0.3 is 0 Å². The van der Waals surface area contributed by atoms with Crippen LogP contribution in [0.2, 0.25) is 10.0 Å². The van der Waals surface area contributed by atoms with Crippen LogP contribution in [0.25, 0.3) is 0 Å². The van der Waals surface area contributed by atoms with E-state index >= 15 is 0 Å². The molecule has 7 nitrogen and oxygen atoms in total. The van der Waals surface area contributed by atoms with E-state index in [1.165, 1.54) is 4.31 Å². The van der Waals surface area contributed by atoms with E-state index in [1.807, 2.05) is 13.8 Å². The quantitative estimate of drug-likeness (QED) is 0.535. The molecule has 10 heteroatoms. The summed E-state index contributed by atoms with van der Waals surface area (Å²) < 4.78 is 26.3. The van der Waals surface area contributed by atoms with Crippen LogP contribution < -0.4 is 5.32 Å². The van der Waals surface area contributed by atoms with Gasteiger partial charge in [-0.2, -0.15) is 0 Å². The molecule has 31 heavy (non-hydrogen) atoms. The van der Waals surface area contributed by atoms with E-state index < -0.39 is 10.0 Å². The minimum atomic E-state index is -3.27. The van der Waals surface area contributed by atoms with Gasteiger partial charge in [0.15, 0.2) is 0 Å². The molecule has 174 valence electrons. The van der Waals surface area contributed by atoms with Crippen LogP contribution >= 0.6 is 23.2 Å². The SMILES string of the molecule is CCCCS(=O)(=O)N1CCC(C(=O)N(CCC)CC(=O)Nc2cc(Cl)ccc2Cl)CC1. The number of benzene rings is 1. The van der Waals surface area contributed by atoms with E-state index in [0.717, 1.165) is 6.42 Å². The fraction of sp³-hybridized carbons (Fsp3) is 0.619. The molecule has 0 aromatic heterocycles. The van der Waals surface area contributed by atoms with Crippen LogP contribution in [0, 0.1) is 5.92 Å². The van der Waals surface area contributed by atoms with Crippen molar-refractivity contribution in [2.75, 3.05) is 37.2 Å². The Morgan fingerprint density at radius 3 is 2.45 bits per heavy atom. The summed E-state index contributed by atoms with van der Waals surface area (Å²) in [6.07, 6.45) is 3.10. The molecule has 2 rings (SSSR count). The molecule has 0 atom stereocenters. The van der Waals surface area contributed by atoms with Crippen LogP contribution in [-0.4, -0.2) is 61.4 Å². The molecule has 0 aliphatic carbocycles. The molecule has 1 saturated heterocycles. The van der Waals surface area contributed by atoms with Crippen molar-refractivity contribution in [3.05, 3.63) is 28.2 Å². The predicted octanol–water partition coefficient (Wildman–Crippen LogP) is 4.01. The Hall–Kier alpha value is -1.35. The number of nitrogens with zero attached hydrogens (tertiary/aromatic N) is 2. The summed E-state index contributed by atoms with van der Waals surface area (Å²) in [7, 11) is -3.27. The molecule has 1 aromatic carbocycles. The van der Waals surface area contributed by atoms with Crippen molar-refractivity contribution < 1.29 is 18.0 Å². The molecule has 0 spiro atoms. The largest absolute Gasteiger partial charge is 0.333 e. The molecule has 2 amide bonds. The lowest BCUT2D eigenvalue weighted by molar-refractivity contribution is -0.139. The summed E-state index contributed by atoms with van der Waals surface area (Å²) >= 11 is 12.1. The lowest BCUT2D eigenvalue weighted by Gasteiger charge is -2.33. The number of carbonyl (C=O) groups excluding carboxylic acids is 2. The van der Waals surface area contributed by atoms with E-state index in [1.54, 1.807) is 23.1 Å². The van der Waals surface area contributed by atoms with Gasteiger partial charge in [-0.1, -0.05) is 43.5 Å². The molecule has 0 radical (unpaired) electrons. The van der Waals surface area contributed by atoms with E-state index in [4.69, 9.17) is 23.2 Å². The van der Waals surface area contributed by atoms with Crippen LogP contribution in [0.5, 0.6) is 0 Å². The first-order valence-electron chi connectivity index (χ1n) is 10.7. The lowest BCUT2D eigenvalue weighted by atomic mass is 9.96. The number of carbonyl (C=O) groups is 2. The fourth-order valence-electron chi connectivity index (χ4n) is 3.59. The van der Waals surface area contributed by atoms with Crippen LogP contribution in [0.1, 0.15) is 46.0 Å². The molecule has 1 aromatic rings. The molecular weight excluding hydrogens is 461 g/mol. The normalized spacial score (nSPS) is 15.6. The van der Waals surface area contributed by atoms with Crippen molar-refractivity contribution in [1.82, 2.24) is 9.21 Å². The molecule has 1 aliphatic heterocycles. The Labute approximate surface area is 195 Å². The van der Waals surface area contributed by atoms with Gasteiger partial charge in [0.25, 0.3) is 0 Å². The first kappa shape index (κ1) is 25.9. The van der Waals surface area contributed by atoms with Crippen molar-refractivity contribution in [3.63, 3.8) is 0 Å². The average molecular weight is 492 g/mol. The zero-order valence-electron chi connectivity index (χ0n) is 18.1. The molecule has 1 heterocycles. The van der Waals surface area contributed by atoms with Crippen molar-refractivity contribution in [2.24, 2.45) is 5.92 Å². The highest BCUT2D eigenvalue weighted by Crippen LogP contribution is 2.26. The fourth-order valence-corrected chi connectivity index (χ4v) is 5.60. The molecule has 1 aliphatic rings. The van der Waals surface area contributed by atoms with Crippen molar-refractivity contribution >= 4 is 50.7 Å². The maximum Gasteiger partial charge on any atom is 0.244 e. The third kappa shape index (κ3) is 7.63.